The smallest absolute Gasteiger partial charge is 0.329 e. The Labute approximate surface area is 152 Å². The van der Waals surface area contributed by atoms with Crippen LogP contribution in [0.4, 0.5) is 4.39 Å². The SMILES string of the molecule is CN(C=O)[C@@H](CC1CC1)C(=O)OCC(=O)N(C)[C@@H](CC(C)(C)F)C(=O)O. The van der Waals surface area contributed by atoms with Crippen LogP contribution in [0.25, 0.3) is 0 Å². The Balaban J connectivity index is 2.65. The number of halogens is 1. The highest BCUT2D eigenvalue weighted by molar-refractivity contribution is 5.86. The molecule has 1 N–H and O–H groups in total. The third-order valence-corrected chi connectivity index (χ3v) is 4.35. The molecule has 1 aliphatic rings. The number of rotatable bonds is 11. The minimum atomic E-state index is -1.78. The van der Waals surface area contributed by atoms with Crippen molar-refractivity contribution in [2.24, 2.45) is 5.92 Å². The summed E-state index contributed by atoms with van der Waals surface area (Å²) in [7, 11) is 2.68. The number of carbonyl (C=O) groups is 4. The van der Waals surface area contributed by atoms with Gasteiger partial charge in [0.25, 0.3) is 5.91 Å². The highest BCUT2D eigenvalue weighted by Crippen LogP contribution is 2.34. The number of carboxylic acids is 1. The molecule has 26 heavy (non-hydrogen) atoms. The van der Waals surface area contributed by atoms with Crippen molar-refractivity contribution in [2.75, 3.05) is 20.7 Å². The Kier molecular flexibility index (Phi) is 7.53. The minimum absolute atomic E-state index is 0.358. The maximum absolute atomic E-state index is 13.8. The van der Waals surface area contributed by atoms with Crippen LogP contribution in [-0.4, -0.2) is 77.6 Å². The number of amides is 2. The summed E-state index contributed by atoms with van der Waals surface area (Å²) in [5.74, 6) is -2.46. The topological polar surface area (TPSA) is 104 Å². The first-order valence-corrected chi connectivity index (χ1v) is 8.47. The fourth-order valence-electron chi connectivity index (χ4n) is 2.53. The van der Waals surface area contributed by atoms with E-state index in [4.69, 9.17) is 4.74 Å². The maximum Gasteiger partial charge on any atom is 0.329 e. The standard InChI is InChI=1S/C17H27FN2O6/c1-17(2,18)8-13(15(23)24)20(4)14(22)9-26-16(25)12(19(3)10-21)7-11-5-6-11/h10-13H,5-9H2,1-4H3,(H,23,24)/t12-,13-/m0/s1. The van der Waals surface area contributed by atoms with E-state index in [1.807, 2.05) is 0 Å². The second-order valence-corrected chi connectivity index (χ2v) is 7.35. The lowest BCUT2D eigenvalue weighted by Gasteiger charge is -2.28. The molecule has 2 amide bonds. The van der Waals surface area contributed by atoms with E-state index >= 15 is 0 Å². The third-order valence-electron chi connectivity index (χ3n) is 4.35. The number of carbonyl (C=O) groups excluding carboxylic acids is 3. The summed E-state index contributed by atoms with van der Waals surface area (Å²) >= 11 is 0. The van der Waals surface area contributed by atoms with Crippen LogP contribution in [-0.2, 0) is 23.9 Å². The second kappa shape index (κ2) is 8.95. The Morgan fingerprint density at radius 3 is 2.27 bits per heavy atom. The predicted molar refractivity (Wildman–Crippen MR) is 89.9 cm³/mol. The van der Waals surface area contributed by atoms with Gasteiger partial charge in [-0.1, -0.05) is 12.8 Å². The molecule has 1 fully saturated rings. The first kappa shape index (κ1) is 21.9. The number of alkyl halides is 1. The van der Waals surface area contributed by atoms with E-state index in [-0.39, 0.29) is 0 Å². The van der Waals surface area contributed by atoms with Gasteiger partial charge in [-0.3, -0.25) is 9.59 Å². The lowest BCUT2D eigenvalue weighted by atomic mass is 10.00. The van der Waals surface area contributed by atoms with Crippen LogP contribution in [0.1, 0.15) is 39.5 Å². The van der Waals surface area contributed by atoms with Crippen molar-refractivity contribution in [3.05, 3.63) is 0 Å². The molecule has 1 saturated carbocycles. The number of esters is 1. The molecule has 1 aliphatic carbocycles. The highest BCUT2D eigenvalue weighted by atomic mass is 19.1. The zero-order valence-electron chi connectivity index (χ0n) is 15.6. The molecule has 9 heteroatoms. The maximum atomic E-state index is 13.8. The molecule has 0 aromatic rings. The molecule has 0 aromatic carbocycles. The van der Waals surface area contributed by atoms with Crippen LogP contribution in [0.5, 0.6) is 0 Å². The molecule has 0 spiro atoms. The van der Waals surface area contributed by atoms with Crippen molar-refractivity contribution >= 4 is 24.3 Å². The Morgan fingerprint density at radius 1 is 1.27 bits per heavy atom. The van der Waals surface area contributed by atoms with Crippen molar-refractivity contribution in [3.63, 3.8) is 0 Å². The van der Waals surface area contributed by atoms with E-state index in [1.54, 1.807) is 0 Å². The van der Waals surface area contributed by atoms with Crippen molar-refractivity contribution < 1.29 is 33.4 Å². The molecular weight excluding hydrogens is 347 g/mol. The van der Waals surface area contributed by atoms with Gasteiger partial charge in [-0.25, -0.2) is 14.0 Å². The Bertz CT molecular complexity index is 544. The molecule has 0 saturated heterocycles. The largest absolute Gasteiger partial charge is 0.480 e. The number of hydrogen-bond acceptors (Lipinski definition) is 5. The average Bonchev–Trinajstić information content (AvgIpc) is 3.36. The summed E-state index contributed by atoms with van der Waals surface area (Å²) in [6, 6.07) is -2.15. The Hall–Kier alpha value is -2.19. The van der Waals surface area contributed by atoms with Gasteiger partial charge in [0.15, 0.2) is 6.61 Å². The van der Waals surface area contributed by atoms with Crippen LogP contribution in [0, 0.1) is 5.92 Å². The molecule has 0 bridgehead atoms. The number of carboxylic acid groups (broad SMARTS) is 1. The number of ether oxygens (including phenoxy) is 1. The van der Waals surface area contributed by atoms with Gasteiger partial charge in [0.05, 0.1) is 0 Å². The van der Waals surface area contributed by atoms with E-state index in [0.29, 0.717) is 18.7 Å². The average molecular weight is 374 g/mol. The molecule has 0 aliphatic heterocycles. The van der Waals surface area contributed by atoms with E-state index in [2.05, 4.69) is 0 Å². The first-order chi connectivity index (χ1) is 12.0. The molecule has 1 rings (SSSR count). The van der Waals surface area contributed by atoms with Gasteiger partial charge in [-0.15, -0.1) is 0 Å². The number of likely N-dealkylation sites (N-methyl/N-ethyl adjacent to an activating group) is 2. The van der Waals surface area contributed by atoms with Crippen molar-refractivity contribution in [1.29, 1.82) is 0 Å². The van der Waals surface area contributed by atoms with E-state index in [0.717, 1.165) is 17.7 Å². The number of hydrogen-bond donors (Lipinski definition) is 1. The quantitative estimate of drug-likeness (QED) is 0.424. The molecule has 0 aromatic heterocycles. The number of nitrogens with zero attached hydrogens (tertiary/aromatic N) is 2. The van der Waals surface area contributed by atoms with Crippen LogP contribution in [0.2, 0.25) is 0 Å². The van der Waals surface area contributed by atoms with Gasteiger partial charge in [-0.05, 0) is 26.2 Å². The molecule has 8 nitrogen and oxygen atoms in total. The summed E-state index contributed by atoms with van der Waals surface area (Å²) in [5.41, 5.74) is -1.78. The zero-order chi connectivity index (χ0) is 20.1. The molecule has 2 atom stereocenters. The number of aliphatic carboxylic acids is 1. The van der Waals surface area contributed by atoms with Gasteiger partial charge in [0.1, 0.15) is 17.8 Å². The Morgan fingerprint density at radius 2 is 1.85 bits per heavy atom. The predicted octanol–water partition coefficient (Wildman–Crippen LogP) is 0.836. The van der Waals surface area contributed by atoms with Gasteiger partial charge < -0.3 is 19.6 Å². The lowest BCUT2D eigenvalue weighted by molar-refractivity contribution is -0.160. The fourth-order valence-corrected chi connectivity index (χ4v) is 2.53. The lowest BCUT2D eigenvalue weighted by Crippen LogP contribution is -2.47. The molecule has 0 unspecified atom stereocenters. The van der Waals surface area contributed by atoms with Gasteiger partial charge in [0.2, 0.25) is 6.41 Å². The summed E-state index contributed by atoms with van der Waals surface area (Å²) in [6.07, 6.45) is 2.56. The van der Waals surface area contributed by atoms with E-state index in [1.165, 1.54) is 32.8 Å². The summed E-state index contributed by atoms with van der Waals surface area (Å²) in [4.78, 5) is 48.7. The zero-order valence-corrected chi connectivity index (χ0v) is 15.6. The third kappa shape index (κ3) is 6.97. The van der Waals surface area contributed by atoms with Gasteiger partial charge >= 0.3 is 11.9 Å². The van der Waals surface area contributed by atoms with Crippen LogP contribution in [0.3, 0.4) is 0 Å². The van der Waals surface area contributed by atoms with Crippen molar-refractivity contribution in [2.45, 2.75) is 57.3 Å². The van der Waals surface area contributed by atoms with E-state index < -0.39 is 48.6 Å². The van der Waals surface area contributed by atoms with Crippen molar-refractivity contribution in [1.82, 2.24) is 9.80 Å². The normalized spacial score (nSPS) is 16.3. The highest BCUT2D eigenvalue weighted by Gasteiger charge is 2.35. The summed E-state index contributed by atoms with van der Waals surface area (Å²) in [5, 5.41) is 9.22. The van der Waals surface area contributed by atoms with Gasteiger partial charge in [0, 0.05) is 20.5 Å². The monoisotopic (exact) mass is 374 g/mol. The molecular formula is C17H27FN2O6. The van der Waals surface area contributed by atoms with Crippen LogP contribution in [0.15, 0.2) is 0 Å². The van der Waals surface area contributed by atoms with Gasteiger partial charge in [-0.2, -0.15) is 0 Å². The molecule has 0 heterocycles. The molecule has 148 valence electrons. The van der Waals surface area contributed by atoms with Crippen LogP contribution >= 0.6 is 0 Å². The van der Waals surface area contributed by atoms with Crippen molar-refractivity contribution in [3.8, 4) is 0 Å². The van der Waals surface area contributed by atoms with E-state index in [9.17, 15) is 28.7 Å². The minimum Gasteiger partial charge on any atom is -0.480 e. The summed E-state index contributed by atoms with van der Waals surface area (Å²) < 4.78 is 18.8. The molecule has 0 radical (unpaired) electrons. The second-order valence-electron chi connectivity index (χ2n) is 7.35. The van der Waals surface area contributed by atoms with Crippen LogP contribution < -0.4 is 0 Å². The first-order valence-electron chi connectivity index (χ1n) is 8.47. The fraction of sp³-hybridized carbons (Fsp3) is 0.765. The summed E-state index contributed by atoms with van der Waals surface area (Å²) in [6.45, 7) is 1.78.